The maximum atomic E-state index is 12.0. The van der Waals surface area contributed by atoms with E-state index in [0.717, 1.165) is 11.1 Å². The van der Waals surface area contributed by atoms with Crippen molar-refractivity contribution in [2.24, 2.45) is 0 Å². The van der Waals surface area contributed by atoms with Gasteiger partial charge < -0.3 is 4.74 Å². The van der Waals surface area contributed by atoms with Gasteiger partial charge in [-0.25, -0.2) is 4.79 Å². The number of halogens is 1. The highest BCUT2D eigenvalue weighted by Gasteiger charge is 2.24. The molecule has 0 bridgehead atoms. The highest BCUT2D eigenvalue weighted by molar-refractivity contribution is 6.35. The summed E-state index contributed by atoms with van der Waals surface area (Å²) in [5.41, 5.74) is 2.90. The summed E-state index contributed by atoms with van der Waals surface area (Å²) in [6.07, 6.45) is 4.22. The molecule has 0 radical (unpaired) electrons. The standard InChI is InChI=1S/C16H15ClO3/c1-2-20-16(19)15(14(18)10-17)13-8-7-11-5-3-4-6-12(11)9-13/h3-8H,2,9-10H2,1H3. The molecule has 0 aromatic heterocycles. The smallest absolute Gasteiger partial charge is 0.342 e. The monoisotopic (exact) mass is 290 g/mol. The van der Waals surface area contributed by atoms with E-state index in [1.165, 1.54) is 0 Å². The van der Waals surface area contributed by atoms with Crippen molar-refractivity contribution in [3.05, 3.63) is 52.6 Å². The van der Waals surface area contributed by atoms with Crippen LogP contribution in [0.5, 0.6) is 0 Å². The van der Waals surface area contributed by atoms with Gasteiger partial charge in [0.05, 0.1) is 12.5 Å². The number of esters is 1. The van der Waals surface area contributed by atoms with Gasteiger partial charge in [-0.3, -0.25) is 4.79 Å². The van der Waals surface area contributed by atoms with Crippen molar-refractivity contribution in [2.75, 3.05) is 12.5 Å². The van der Waals surface area contributed by atoms with Crippen LogP contribution in [-0.4, -0.2) is 24.2 Å². The Morgan fingerprint density at radius 2 is 2.00 bits per heavy atom. The third kappa shape index (κ3) is 2.99. The van der Waals surface area contributed by atoms with E-state index in [4.69, 9.17) is 16.3 Å². The van der Waals surface area contributed by atoms with Crippen LogP contribution in [0.2, 0.25) is 0 Å². The third-order valence-corrected chi connectivity index (χ3v) is 3.34. The lowest BCUT2D eigenvalue weighted by atomic mass is 9.90. The molecule has 0 N–H and O–H groups in total. The summed E-state index contributed by atoms with van der Waals surface area (Å²) in [5.74, 6) is -1.23. The van der Waals surface area contributed by atoms with Gasteiger partial charge in [0.25, 0.3) is 0 Å². The van der Waals surface area contributed by atoms with Crippen molar-refractivity contribution in [3.8, 4) is 0 Å². The molecule has 1 aliphatic rings. The molecule has 0 atom stereocenters. The van der Waals surface area contributed by atoms with Crippen LogP contribution in [0.3, 0.4) is 0 Å². The Morgan fingerprint density at radius 1 is 1.25 bits per heavy atom. The number of carbonyl (C=O) groups excluding carboxylic acids is 2. The second kappa shape index (κ2) is 6.53. The molecular weight excluding hydrogens is 276 g/mol. The summed E-state index contributed by atoms with van der Waals surface area (Å²) in [5, 5.41) is 0. The minimum absolute atomic E-state index is 0.0626. The van der Waals surface area contributed by atoms with Crippen LogP contribution >= 0.6 is 11.6 Å². The number of rotatable bonds is 4. The van der Waals surface area contributed by atoms with E-state index < -0.39 is 11.8 Å². The average Bonchev–Trinajstić information content (AvgIpc) is 2.47. The van der Waals surface area contributed by atoms with Crippen molar-refractivity contribution in [3.63, 3.8) is 0 Å². The van der Waals surface area contributed by atoms with Crippen molar-refractivity contribution in [1.82, 2.24) is 0 Å². The third-order valence-electron chi connectivity index (χ3n) is 3.10. The van der Waals surface area contributed by atoms with E-state index in [1.54, 1.807) is 13.0 Å². The fourth-order valence-corrected chi connectivity index (χ4v) is 2.31. The molecule has 0 saturated carbocycles. The Labute approximate surface area is 122 Å². The Hall–Kier alpha value is -1.87. The van der Waals surface area contributed by atoms with Gasteiger partial charge >= 0.3 is 5.97 Å². The van der Waals surface area contributed by atoms with Gasteiger partial charge in [-0.1, -0.05) is 36.4 Å². The first kappa shape index (κ1) is 14.5. The second-order valence-electron chi connectivity index (χ2n) is 4.39. The number of ether oxygens (including phenoxy) is 1. The molecule has 20 heavy (non-hydrogen) atoms. The van der Waals surface area contributed by atoms with Crippen LogP contribution in [0.15, 0.2) is 41.5 Å². The van der Waals surface area contributed by atoms with Crippen LogP contribution in [-0.2, 0) is 20.7 Å². The molecule has 104 valence electrons. The number of hydrogen-bond donors (Lipinski definition) is 0. The zero-order valence-electron chi connectivity index (χ0n) is 11.2. The number of benzene rings is 1. The fraction of sp³-hybridized carbons (Fsp3) is 0.250. The first-order valence-electron chi connectivity index (χ1n) is 6.42. The molecule has 1 aromatic rings. The van der Waals surface area contributed by atoms with E-state index >= 15 is 0 Å². The number of alkyl halides is 1. The van der Waals surface area contributed by atoms with E-state index in [9.17, 15) is 9.59 Å². The summed E-state index contributed by atoms with van der Waals surface area (Å²) in [6.45, 7) is 1.93. The largest absolute Gasteiger partial charge is 0.462 e. The minimum atomic E-state index is -0.600. The molecule has 0 heterocycles. The Balaban J connectivity index is 2.43. The normalized spacial score (nSPS) is 15.5. The molecule has 0 unspecified atom stereocenters. The van der Waals surface area contributed by atoms with Crippen LogP contribution in [0.4, 0.5) is 0 Å². The summed E-state index contributed by atoms with van der Waals surface area (Å²) < 4.78 is 4.96. The van der Waals surface area contributed by atoms with Crippen molar-refractivity contribution < 1.29 is 14.3 Å². The molecule has 3 nitrogen and oxygen atoms in total. The molecule has 1 aliphatic carbocycles. The van der Waals surface area contributed by atoms with Gasteiger partial charge in [-0.2, -0.15) is 0 Å². The lowest BCUT2D eigenvalue weighted by molar-refractivity contribution is -0.139. The number of ketones is 1. The van der Waals surface area contributed by atoms with Crippen LogP contribution < -0.4 is 0 Å². The molecule has 0 spiro atoms. The zero-order valence-corrected chi connectivity index (χ0v) is 11.9. The number of Topliss-reactive ketones (excluding diaryl/α,β-unsaturated/α-hetero) is 1. The van der Waals surface area contributed by atoms with Crippen molar-refractivity contribution in [1.29, 1.82) is 0 Å². The summed E-state index contributed by atoms with van der Waals surface area (Å²) in [6, 6.07) is 7.86. The maximum Gasteiger partial charge on any atom is 0.342 e. The fourth-order valence-electron chi connectivity index (χ4n) is 2.18. The van der Waals surface area contributed by atoms with Gasteiger partial charge in [0.1, 0.15) is 5.57 Å². The number of hydrogen-bond acceptors (Lipinski definition) is 3. The van der Waals surface area contributed by atoms with Gasteiger partial charge in [0, 0.05) is 0 Å². The van der Waals surface area contributed by atoms with Crippen molar-refractivity contribution >= 4 is 29.4 Å². The lowest BCUT2D eigenvalue weighted by Gasteiger charge is -2.16. The lowest BCUT2D eigenvalue weighted by Crippen LogP contribution is -2.20. The van der Waals surface area contributed by atoms with Gasteiger partial charge in [0.2, 0.25) is 0 Å². The molecule has 1 aromatic carbocycles. The van der Waals surface area contributed by atoms with Gasteiger partial charge in [-0.15, -0.1) is 11.6 Å². The summed E-state index contributed by atoms with van der Waals surface area (Å²) >= 11 is 5.59. The first-order chi connectivity index (χ1) is 9.67. The van der Waals surface area contributed by atoms with Gasteiger partial charge in [0.15, 0.2) is 5.78 Å². The highest BCUT2D eigenvalue weighted by Crippen LogP contribution is 2.25. The number of fused-ring (bicyclic) bond motifs is 1. The van der Waals surface area contributed by atoms with E-state index in [-0.39, 0.29) is 18.1 Å². The quantitative estimate of drug-likeness (QED) is 0.281. The number of carbonyl (C=O) groups is 2. The molecular formula is C16H15ClO3. The second-order valence-corrected chi connectivity index (χ2v) is 4.65. The Bertz CT molecular complexity index is 599. The first-order valence-corrected chi connectivity index (χ1v) is 6.96. The van der Waals surface area contributed by atoms with Crippen LogP contribution in [0.1, 0.15) is 18.1 Å². The molecule has 0 amide bonds. The number of allylic oxidation sites excluding steroid dienone is 2. The zero-order chi connectivity index (χ0) is 14.5. The Morgan fingerprint density at radius 3 is 2.70 bits per heavy atom. The topological polar surface area (TPSA) is 43.4 Å². The minimum Gasteiger partial charge on any atom is -0.462 e. The van der Waals surface area contributed by atoms with Crippen molar-refractivity contribution in [2.45, 2.75) is 13.3 Å². The maximum absolute atomic E-state index is 12.0. The van der Waals surface area contributed by atoms with Crippen LogP contribution in [0.25, 0.3) is 6.08 Å². The van der Waals surface area contributed by atoms with Gasteiger partial charge in [-0.05, 0) is 30.0 Å². The van der Waals surface area contributed by atoms with Crippen LogP contribution in [0, 0.1) is 0 Å². The molecule has 0 fully saturated rings. The predicted octanol–water partition coefficient (Wildman–Crippen LogP) is 2.92. The molecule has 2 rings (SSSR count). The molecule has 0 saturated heterocycles. The van der Waals surface area contributed by atoms with E-state index in [0.29, 0.717) is 12.0 Å². The molecule has 4 heteroatoms. The highest BCUT2D eigenvalue weighted by atomic mass is 35.5. The Kier molecular flexibility index (Phi) is 4.74. The average molecular weight is 291 g/mol. The van der Waals surface area contributed by atoms with E-state index in [2.05, 4.69) is 0 Å². The summed E-state index contributed by atoms with van der Waals surface area (Å²) in [7, 11) is 0. The van der Waals surface area contributed by atoms with E-state index in [1.807, 2.05) is 30.3 Å². The summed E-state index contributed by atoms with van der Waals surface area (Å²) in [4.78, 5) is 23.9. The molecule has 0 aliphatic heterocycles. The predicted molar refractivity (Wildman–Crippen MR) is 78.6 cm³/mol. The SMILES string of the molecule is CCOC(=O)C(C(=O)CCl)=C1C=Cc2ccccc2C1.